The van der Waals surface area contributed by atoms with E-state index in [1.165, 1.54) is 44.9 Å². The van der Waals surface area contributed by atoms with Crippen LogP contribution < -0.4 is 5.32 Å². The van der Waals surface area contributed by atoms with Gasteiger partial charge in [0.15, 0.2) is 18.3 Å². The molecule has 1 heterocycles. The molecule has 0 radical (unpaired) electrons. The third kappa shape index (κ3) is 7.71. The molecule has 1 aliphatic rings. The monoisotopic (exact) mass is 359 g/mol. The first kappa shape index (κ1) is 21.9. The van der Waals surface area contributed by atoms with E-state index in [9.17, 15) is 24.9 Å². The summed E-state index contributed by atoms with van der Waals surface area (Å²) in [6, 6.07) is 0. The SMILES string of the molecule is CCCCCCCCCCCCNC(=O)C(O)[C@H]1OC(=O)[C@@H](O)[C@H]1O. The van der Waals surface area contributed by atoms with Crippen LogP contribution in [0.2, 0.25) is 0 Å². The van der Waals surface area contributed by atoms with Crippen molar-refractivity contribution in [3.05, 3.63) is 0 Å². The van der Waals surface area contributed by atoms with E-state index in [0.29, 0.717) is 6.54 Å². The van der Waals surface area contributed by atoms with Crippen molar-refractivity contribution in [1.82, 2.24) is 5.32 Å². The number of rotatable bonds is 13. The fraction of sp³-hybridized carbons (Fsp3) is 0.889. The normalized spacial score (nSPS) is 24.2. The van der Waals surface area contributed by atoms with Gasteiger partial charge in [-0.1, -0.05) is 64.7 Å². The molecule has 0 aromatic heterocycles. The van der Waals surface area contributed by atoms with E-state index in [1.807, 2.05) is 0 Å². The molecule has 1 amide bonds. The van der Waals surface area contributed by atoms with Gasteiger partial charge < -0.3 is 25.4 Å². The number of carbonyl (C=O) groups is 2. The van der Waals surface area contributed by atoms with Crippen molar-refractivity contribution < 1.29 is 29.6 Å². The average Bonchev–Trinajstić information content (AvgIpc) is 2.86. The van der Waals surface area contributed by atoms with Gasteiger partial charge in [-0.3, -0.25) is 4.79 Å². The summed E-state index contributed by atoms with van der Waals surface area (Å²) < 4.78 is 4.63. The summed E-state index contributed by atoms with van der Waals surface area (Å²) >= 11 is 0. The molecule has 25 heavy (non-hydrogen) atoms. The van der Waals surface area contributed by atoms with Crippen molar-refractivity contribution in [2.45, 2.75) is 95.5 Å². The van der Waals surface area contributed by atoms with Crippen LogP contribution in [0.25, 0.3) is 0 Å². The number of esters is 1. The molecule has 0 saturated carbocycles. The smallest absolute Gasteiger partial charge is 0.338 e. The predicted octanol–water partition coefficient (Wildman–Crippen LogP) is 1.03. The highest BCUT2D eigenvalue weighted by atomic mass is 16.6. The van der Waals surface area contributed by atoms with Gasteiger partial charge in [0.2, 0.25) is 0 Å². The number of nitrogens with one attached hydrogen (secondary N) is 1. The zero-order valence-electron chi connectivity index (χ0n) is 15.2. The third-order valence-corrected chi connectivity index (χ3v) is 4.56. The van der Waals surface area contributed by atoms with Gasteiger partial charge in [0, 0.05) is 6.54 Å². The number of carbonyl (C=O) groups excluding carboxylic acids is 2. The van der Waals surface area contributed by atoms with E-state index in [0.717, 1.165) is 19.3 Å². The van der Waals surface area contributed by atoms with Crippen molar-refractivity contribution in [3.63, 3.8) is 0 Å². The van der Waals surface area contributed by atoms with Crippen LogP contribution in [0.1, 0.15) is 71.1 Å². The molecule has 1 aliphatic heterocycles. The van der Waals surface area contributed by atoms with Gasteiger partial charge in [0.25, 0.3) is 5.91 Å². The molecular weight excluding hydrogens is 326 g/mol. The number of hydrogen-bond acceptors (Lipinski definition) is 6. The first-order valence-electron chi connectivity index (χ1n) is 9.51. The standard InChI is InChI=1S/C18H33NO6/c1-2-3-4-5-6-7-8-9-10-11-12-19-17(23)15(22)16-13(20)14(21)18(24)25-16/h13-16,20-22H,2-12H2,1H3,(H,19,23)/t13-,14+,15?,16+/m1/s1. The first-order chi connectivity index (χ1) is 12.0. The molecule has 4 atom stereocenters. The Hall–Kier alpha value is -1.18. The Bertz CT molecular complexity index is 403. The van der Waals surface area contributed by atoms with Crippen molar-refractivity contribution in [1.29, 1.82) is 0 Å². The van der Waals surface area contributed by atoms with E-state index in [4.69, 9.17) is 0 Å². The summed E-state index contributed by atoms with van der Waals surface area (Å²) in [6.45, 7) is 2.63. The Labute approximate surface area is 149 Å². The van der Waals surface area contributed by atoms with Crippen LogP contribution in [0.15, 0.2) is 0 Å². The molecule has 0 aromatic carbocycles. The van der Waals surface area contributed by atoms with Crippen LogP contribution in [0, 0.1) is 0 Å². The van der Waals surface area contributed by atoms with Crippen LogP contribution in [0.3, 0.4) is 0 Å². The summed E-state index contributed by atoms with van der Waals surface area (Å²) in [4.78, 5) is 22.9. The van der Waals surface area contributed by atoms with Gasteiger partial charge in [-0.2, -0.15) is 0 Å². The number of aliphatic hydroxyl groups excluding tert-OH is 3. The lowest BCUT2D eigenvalue weighted by Gasteiger charge is -2.19. The van der Waals surface area contributed by atoms with E-state index in [-0.39, 0.29) is 0 Å². The Kier molecular flexibility index (Phi) is 10.7. The second-order valence-electron chi connectivity index (χ2n) is 6.75. The number of unbranched alkanes of at least 4 members (excludes halogenated alkanes) is 9. The fourth-order valence-electron chi connectivity index (χ4n) is 2.92. The van der Waals surface area contributed by atoms with Gasteiger partial charge in [-0.25, -0.2) is 4.79 Å². The van der Waals surface area contributed by atoms with Crippen LogP contribution in [0.4, 0.5) is 0 Å². The second-order valence-corrected chi connectivity index (χ2v) is 6.75. The van der Waals surface area contributed by atoms with Crippen LogP contribution in [0.5, 0.6) is 0 Å². The van der Waals surface area contributed by atoms with E-state index >= 15 is 0 Å². The minimum absolute atomic E-state index is 0.422. The molecule has 0 bridgehead atoms. The van der Waals surface area contributed by atoms with E-state index in [2.05, 4.69) is 17.0 Å². The molecule has 1 fully saturated rings. The number of aliphatic hydroxyl groups is 3. The summed E-state index contributed by atoms with van der Waals surface area (Å²) in [5.41, 5.74) is 0. The van der Waals surface area contributed by atoms with Crippen LogP contribution >= 0.6 is 0 Å². The maximum absolute atomic E-state index is 11.8. The minimum Gasteiger partial charge on any atom is -0.454 e. The van der Waals surface area contributed by atoms with Crippen molar-refractivity contribution in [2.24, 2.45) is 0 Å². The fourth-order valence-corrected chi connectivity index (χ4v) is 2.92. The average molecular weight is 359 g/mol. The van der Waals surface area contributed by atoms with E-state index in [1.54, 1.807) is 0 Å². The van der Waals surface area contributed by atoms with Crippen LogP contribution in [-0.4, -0.2) is 58.2 Å². The molecule has 0 spiro atoms. The summed E-state index contributed by atoms with van der Waals surface area (Å²) in [7, 11) is 0. The maximum atomic E-state index is 11.8. The summed E-state index contributed by atoms with van der Waals surface area (Å²) in [6.07, 6.45) is 5.50. The molecule has 1 unspecified atom stereocenters. The molecule has 4 N–H and O–H groups in total. The number of amides is 1. The molecule has 7 heteroatoms. The quantitative estimate of drug-likeness (QED) is 0.288. The zero-order valence-corrected chi connectivity index (χ0v) is 15.2. The highest BCUT2D eigenvalue weighted by molar-refractivity contribution is 5.84. The molecule has 0 aliphatic carbocycles. The molecule has 1 saturated heterocycles. The Morgan fingerprint density at radius 3 is 2.04 bits per heavy atom. The van der Waals surface area contributed by atoms with Gasteiger partial charge in [0.1, 0.15) is 6.10 Å². The Morgan fingerprint density at radius 1 is 1.04 bits per heavy atom. The molecule has 7 nitrogen and oxygen atoms in total. The minimum atomic E-state index is -1.71. The third-order valence-electron chi connectivity index (χ3n) is 4.56. The highest BCUT2D eigenvalue weighted by Gasteiger charge is 2.48. The van der Waals surface area contributed by atoms with E-state index < -0.39 is 36.3 Å². The number of cyclic esters (lactones) is 1. The van der Waals surface area contributed by atoms with Gasteiger partial charge >= 0.3 is 5.97 Å². The maximum Gasteiger partial charge on any atom is 0.338 e. The lowest BCUT2D eigenvalue weighted by atomic mass is 10.1. The summed E-state index contributed by atoms with van der Waals surface area (Å²) in [5, 5.41) is 31.2. The lowest BCUT2D eigenvalue weighted by molar-refractivity contribution is -0.153. The number of ether oxygens (including phenoxy) is 1. The topological polar surface area (TPSA) is 116 Å². The first-order valence-corrected chi connectivity index (χ1v) is 9.51. The van der Waals surface area contributed by atoms with Crippen molar-refractivity contribution in [2.75, 3.05) is 6.54 Å². The van der Waals surface area contributed by atoms with Crippen molar-refractivity contribution >= 4 is 11.9 Å². The highest BCUT2D eigenvalue weighted by Crippen LogP contribution is 2.19. The predicted molar refractivity (Wildman–Crippen MR) is 92.8 cm³/mol. The van der Waals surface area contributed by atoms with Crippen molar-refractivity contribution in [3.8, 4) is 0 Å². The largest absolute Gasteiger partial charge is 0.454 e. The zero-order chi connectivity index (χ0) is 18.7. The number of hydrogen-bond donors (Lipinski definition) is 4. The molecule has 146 valence electrons. The summed E-state index contributed by atoms with van der Waals surface area (Å²) in [5.74, 6) is -1.74. The molecular formula is C18H33NO6. The second kappa shape index (κ2) is 12.2. The van der Waals surface area contributed by atoms with Gasteiger partial charge in [-0.15, -0.1) is 0 Å². The molecule has 1 rings (SSSR count). The lowest BCUT2D eigenvalue weighted by Crippen LogP contribution is -2.47. The molecule has 0 aromatic rings. The van der Waals surface area contributed by atoms with Gasteiger partial charge in [-0.05, 0) is 6.42 Å². The Morgan fingerprint density at radius 2 is 1.56 bits per heavy atom. The van der Waals surface area contributed by atoms with Gasteiger partial charge in [0.05, 0.1) is 0 Å². The Balaban J connectivity index is 2.02. The van der Waals surface area contributed by atoms with Crippen LogP contribution in [-0.2, 0) is 14.3 Å².